The second-order valence-electron chi connectivity index (χ2n) is 5.31. The lowest BCUT2D eigenvalue weighted by atomic mass is 10.2. The van der Waals surface area contributed by atoms with Crippen LogP contribution in [-0.2, 0) is 11.3 Å². The van der Waals surface area contributed by atoms with Gasteiger partial charge in [0, 0.05) is 12.6 Å². The van der Waals surface area contributed by atoms with Crippen molar-refractivity contribution in [3.8, 4) is 5.75 Å². The molecule has 21 heavy (non-hydrogen) atoms. The molecule has 1 fully saturated rings. The first kappa shape index (κ1) is 15.2. The van der Waals surface area contributed by atoms with Crippen LogP contribution in [0.4, 0.5) is 4.79 Å². The van der Waals surface area contributed by atoms with E-state index in [0.29, 0.717) is 13.1 Å². The normalized spacial score (nSPS) is 17.8. The summed E-state index contributed by atoms with van der Waals surface area (Å²) in [6.07, 6.45) is 0. The minimum Gasteiger partial charge on any atom is -0.497 e. The number of nitrogens with one attached hydrogen (secondary N) is 2. The molecule has 6 heteroatoms. The van der Waals surface area contributed by atoms with Crippen molar-refractivity contribution in [2.45, 2.75) is 32.5 Å². The largest absolute Gasteiger partial charge is 0.497 e. The van der Waals surface area contributed by atoms with Gasteiger partial charge in [0.15, 0.2) is 0 Å². The molecule has 1 aliphatic rings. The van der Waals surface area contributed by atoms with Crippen LogP contribution in [0.25, 0.3) is 0 Å². The van der Waals surface area contributed by atoms with Crippen molar-refractivity contribution in [1.29, 1.82) is 0 Å². The molecule has 1 aliphatic heterocycles. The maximum atomic E-state index is 12.1. The van der Waals surface area contributed by atoms with Gasteiger partial charge in [-0.15, -0.1) is 0 Å². The van der Waals surface area contributed by atoms with Crippen molar-refractivity contribution in [2.75, 3.05) is 13.7 Å². The molecule has 0 spiro atoms. The predicted octanol–water partition coefficient (Wildman–Crippen LogP) is 1.11. The fourth-order valence-electron chi connectivity index (χ4n) is 2.21. The third kappa shape index (κ3) is 3.65. The van der Waals surface area contributed by atoms with Gasteiger partial charge in [-0.25, -0.2) is 4.79 Å². The van der Waals surface area contributed by atoms with E-state index in [1.165, 1.54) is 0 Å². The van der Waals surface area contributed by atoms with Crippen LogP contribution in [0, 0.1) is 0 Å². The molecular weight excluding hydrogens is 270 g/mol. The zero-order chi connectivity index (χ0) is 15.4. The fourth-order valence-corrected chi connectivity index (χ4v) is 2.21. The van der Waals surface area contributed by atoms with Crippen molar-refractivity contribution in [2.24, 2.45) is 0 Å². The van der Waals surface area contributed by atoms with E-state index in [0.717, 1.165) is 11.3 Å². The molecule has 0 radical (unpaired) electrons. The molecule has 0 saturated carbocycles. The Morgan fingerprint density at radius 3 is 2.62 bits per heavy atom. The molecule has 114 valence electrons. The first-order valence-corrected chi connectivity index (χ1v) is 6.99. The average molecular weight is 291 g/mol. The highest BCUT2D eigenvalue weighted by atomic mass is 16.5. The molecule has 6 nitrogen and oxygen atoms in total. The zero-order valence-electron chi connectivity index (χ0n) is 12.6. The van der Waals surface area contributed by atoms with Crippen LogP contribution in [0.5, 0.6) is 5.75 Å². The minimum absolute atomic E-state index is 0.0874. The van der Waals surface area contributed by atoms with Gasteiger partial charge in [-0.05, 0) is 31.5 Å². The Morgan fingerprint density at radius 1 is 1.43 bits per heavy atom. The molecule has 2 rings (SSSR count). The number of nitrogens with zero attached hydrogens (tertiary/aromatic N) is 1. The van der Waals surface area contributed by atoms with Crippen LogP contribution in [0.1, 0.15) is 19.4 Å². The number of hydrogen-bond donors (Lipinski definition) is 2. The highest BCUT2D eigenvalue weighted by molar-refractivity contribution is 5.90. The highest BCUT2D eigenvalue weighted by Gasteiger charge is 2.34. The summed E-state index contributed by atoms with van der Waals surface area (Å²) in [6.45, 7) is 4.69. The fraction of sp³-hybridized carbons (Fsp3) is 0.467. The Bertz CT molecular complexity index is 513. The first-order chi connectivity index (χ1) is 10.0. The third-order valence-electron chi connectivity index (χ3n) is 3.50. The lowest BCUT2D eigenvalue weighted by Crippen LogP contribution is -2.42. The summed E-state index contributed by atoms with van der Waals surface area (Å²) in [4.78, 5) is 25.4. The molecule has 3 amide bonds. The number of amides is 3. The standard InChI is InChI=1S/C15H21N3O3/c1-10(2)18-9-13(17-15(18)20)14(19)16-8-11-4-6-12(21-3)7-5-11/h4-7,10,13H,8-9H2,1-3H3,(H,16,19)(H,17,20). The van der Waals surface area contributed by atoms with E-state index in [1.54, 1.807) is 12.0 Å². The Kier molecular flexibility index (Phi) is 4.67. The van der Waals surface area contributed by atoms with Crippen LogP contribution < -0.4 is 15.4 Å². The predicted molar refractivity (Wildman–Crippen MR) is 79.0 cm³/mol. The SMILES string of the molecule is COc1ccc(CNC(=O)C2CN(C(C)C)C(=O)N2)cc1. The molecule has 2 N–H and O–H groups in total. The van der Waals surface area contributed by atoms with Gasteiger partial charge in [0.25, 0.3) is 0 Å². The van der Waals surface area contributed by atoms with E-state index >= 15 is 0 Å². The number of methoxy groups -OCH3 is 1. The number of hydrogen-bond acceptors (Lipinski definition) is 3. The van der Waals surface area contributed by atoms with E-state index in [2.05, 4.69) is 10.6 Å². The first-order valence-electron chi connectivity index (χ1n) is 6.99. The van der Waals surface area contributed by atoms with E-state index in [4.69, 9.17) is 4.74 Å². The van der Waals surface area contributed by atoms with Gasteiger partial charge >= 0.3 is 6.03 Å². The van der Waals surface area contributed by atoms with Gasteiger partial charge in [0.1, 0.15) is 11.8 Å². The van der Waals surface area contributed by atoms with Crippen LogP contribution in [0.3, 0.4) is 0 Å². The van der Waals surface area contributed by atoms with Crippen molar-refractivity contribution in [3.05, 3.63) is 29.8 Å². The zero-order valence-corrected chi connectivity index (χ0v) is 12.6. The third-order valence-corrected chi connectivity index (χ3v) is 3.50. The molecule has 1 aromatic rings. The molecule has 1 aromatic carbocycles. The van der Waals surface area contributed by atoms with Crippen LogP contribution in [-0.4, -0.2) is 42.6 Å². The highest BCUT2D eigenvalue weighted by Crippen LogP contribution is 2.12. The molecule has 0 aliphatic carbocycles. The maximum absolute atomic E-state index is 12.1. The molecule has 1 saturated heterocycles. The lowest BCUT2D eigenvalue weighted by molar-refractivity contribution is -0.122. The van der Waals surface area contributed by atoms with E-state index in [-0.39, 0.29) is 18.0 Å². The van der Waals surface area contributed by atoms with Gasteiger partial charge < -0.3 is 20.3 Å². The summed E-state index contributed by atoms with van der Waals surface area (Å²) >= 11 is 0. The summed E-state index contributed by atoms with van der Waals surface area (Å²) in [5.74, 6) is 0.614. The topological polar surface area (TPSA) is 70.7 Å². The second kappa shape index (κ2) is 6.47. The number of carbonyl (C=O) groups excluding carboxylic acids is 2. The summed E-state index contributed by atoms with van der Waals surface area (Å²) in [5.41, 5.74) is 0.981. The Balaban J connectivity index is 1.86. The summed E-state index contributed by atoms with van der Waals surface area (Å²) < 4.78 is 5.08. The minimum atomic E-state index is -0.488. The van der Waals surface area contributed by atoms with Crippen molar-refractivity contribution in [1.82, 2.24) is 15.5 Å². The van der Waals surface area contributed by atoms with Gasteiger partial charge in [-0.1, -0.05) is 12.1 Å². The number of ether oxygens (including phenoxy) is 1. The van der Waals surface area contributed by atoms with Crippen molar-refractivity contribution < 1.29 is 14.3 Å². The molecule has 1 atom stereocenters. The number of benzene rings is 1. The van der Waals surface area contributed by atoms with Gasteiger partial charge in [-0.2, -0.15) is 0 Å². The second-order valence-corrected chi connectivity index (χ2v) is 5.31. The molecular formula is C15H21N3O3. The molecule has 0 bridgehead atoms. The van der Waals surface area contributed by atoms with Crippen molar-refractivity contribution in [3.63, 3.8) is 0 Å². The number of carbonyl (C=O) groups is 2. The average Bonchev–Trinajstić information content (AvgIpc) is 2.87. The smallest absolute Gasteiger partial charge is 0.318 e. The van der Waals surface area contributed by atoms with Gasteiger partial charge in [0.05, 0.1) is 13.7 Å². The van der Waals surface area contributed by atoms with Crippen LogP contribution >= 0.6 is 0 Å². The van der Waals surface area contributed by atoms with Gasteiger partial charge in [0.2, 0.25) is 5.91 Å². The monoisotopic (exact) mass is 291 g/mol. The van der Waals surface area contributed by atoms with E-state index in [9.17, 15) is 9.59 Å². The van der Waals surface area contributed by atoms with Crippen LogP contribution in [0.2, 0.25) is 0 Å². The maximum Gasteiger partial charge on any atom is 0.318 e. The van der Waals surface area contributed by atoms with Gasteiger partial charge in [-0.3, -0.25) is 4.79 Å². The summed E-state index contributed by atoms with van der Waals surface area (Å²) in [6, 6.07) is 6.90. The molecule has 1 unspecified atom stereocenters. The van der Waals surface area contributed by atoms with Crippen molar-refractivity contribution >= 4 is 11.9 Å². The Hall–Kier alpha value is -2.24. The quantitative estimate of drug-likeness (QED) is 0.854. The van der Waals surface area contributed by atoms with E-state index < -0.39 is 6.04 Å². The Labute approximate surface area is 124 Å². The summed E-state index contributed by atoms with van der Waals surface area (Å²) in [5, 5.41) is 5.53. The lowest BCUT2D eigenvalue weighted by Gasteiger charge is -2.18. The molecule has 0 aromatic heterocycles. The number of rotatable bonds is 5. The van der Waals surface area contributed by atoms with E-state index in [1.807, 2.05) is 38.1 Å². The number of urea groups is 1. The summed E-state index contributed by atoms with van der Waals surface area (Å²) in [7, 11) is 1.61. The van der Waals surface area contributed by atoms with Crippen LogP contribution in [0.15, 0.2) is 24.3 Å². The Morgan fingerprint density at radius 2 is 2.10 bits per heavy atom. The molecule has 1 heterocycles.